The number of pyridine rings is 1. The first-order valence-corrected chi connectivity index (χ1v) is 7.92. The molecule has 4 nitrogen and oxygen atoms in total. The highest BCUT2D eigenvalue weighted by atomic mass is 19.1. The van der Waals surface area contributed by atoms with Gasteiger partial charge >= 0.3 is 0 Å². The van der Waals surface area contributed by atoms with Crippen molar-refractivity contribution in [2.45, 2.75) is 6.54 Å². The number of carbonyl (C=O) groups is 1. The maximum absolute atomic E-state index is 13.7. The van der Waals surface area contributed by atoms with Crippen molar-refractivity contribution >= 4 is 12.0 Å². The zero-order valence-corrected chi connectivity index (χ0v) is 14.3. The van der Waals surface area contributed by atoms with Gasteiger partial charge in [-0.2, -0.15) is 0 Å². The van der Waals surface area contributed by atoms with Gasteiger partial charge in [0.1, 0.15) is 11.6 Å². The van der Waals surface area contributed by atoms with Crippen LogP contribution in [0, 0.1) is 11.6 Å². The van der Waals surface area contributed by atoms with Crippen LogP contribution < -0.4 is 0 Å². The highest BCUT2D eigenvalue weighted by Gasteiger charge is 2.13. The lowest BCUT2D eigenvalue weighted by Gasteiger charge is -2.23. The second kappa shape index (κ2) is 9.03. The fourth-order valence-electron chi connectivity index (χ4n) is 2.23. The number of amides is 1. The molecular weight excluding hydrogens is 324 g/mol. The molecule has 1 amide bonds. The Labute approximate surface area is 146 Å². The summed E-state index contributed by atoms with van der Waals surface area (Å²) in [6, 6.07) is 7.28. The van der Waals surface area contributed by atoms with E-state index in [1.54, 1.807) is 23.4 Å². The van der Waals surface area contributed by atoms with Gasteiger partial charge < -0.3 is 9.80 Å². The lowest BCUT2D eigenvalue weighted by atomic mass is 10.1. The van der Waals surface area contributed by atoms with E-state index in [9.17, 15) is 13.6 Å². The summed E-state index contributed by atoms with van der Waals surface area (Å²) in [5.41, 5.74) is 0.671. The average molecular weight is 345 g/mol. The van der Waals surface area contributed by atoms with Crippen LogP contribution in [0.15, 0.2) is 48.8 Å². The molecule has 2 rings (SSSR count). The van der Waals surface area contributed by atoms with E-state index < -0.39 is 11.6 Å². The van der Waals surface area contributed by atoms with Gasteiger partial charge in [0.2, 0.25) is 5.91 Å². The molecule has 0 saturated carbocycles. The van der Waals surface area contributed by atoms with Crippen LogP contribution >= 0.6 is 0 Å². The smallest absolute Gasteiger partial charge is 0.246 e. The molecule has 0 N–H and O–H groups in total. The summed E-state index contributed by atoms with van der Waals surface area (Å²) in [5, 5.41) is 0. The first kappa shape index (κ1) is 18.7. The summed E-state index contributed by atoms with van der Waals surface area (Å²) in [6.45, 7) is 1.54. The number of hydrogen-bond donors (Lipinski definition) is 0. The van der Waals surface area contributed by atoms with E-state index in [1.807, 2.05) is 25.1 Å². The van der Waals surface area contributed by atoms with Crippen LogP contribution in [0.2, 0.25) is 0 Å². The third kappa shape index (κ3) is 5.76. The van der Waals surface area contributed by atoms with Crippen LogP contribution in [0.5, 0.6) is 0 Å². The highest BCUT2D eigenvalue weighted by Crippen LogP contribution is 2.14. The Morgan fingerprint density at radius 3 is 2.44 bits per heavy atom. The van der Waals surface area contributed by atoms with Gasteiger partial charge in [0, 0.05) is 43.7 Å². The molecular formula is C19H21F2N3O. The Morgan fingerprint density at radius 2 is 1.84 bits per heavy atom. The van der Waals surface area contributed by atoms with E-state index in [2.05, 4.69) is 4.98 Å². The molecule has 0 aliphatic carbocycles. The minimum atomic E-state index is -0.698. The molecule has 0 atom stereocenters. The van der Waals surface area contributed by atoms with Crippen molar-refractivity contribution in [2.75, 3.05) is 27.2 Å². The molecule has 0 aliphatic heterocycles. The molecule has 2 aromatic rings. The van der Waals surface area contributed by atoms with E-state index in [4.69, 9.17) is 0 Å². The number of benzene rings is 1. The zero-order chi connectivity index (χ0) is 18.2. The molecule has 0 saturated heterocycles. The van der Waals surface area contributed by atoms with Crippen LogP contribution in [-0.2, 0) is 11.3 Å². The lowest BCUT2D eigenvalue weighted by Crippen LogP contribution is -2.35. The number of rotatable bonds is 7. The Kier molecular flexibility index (Phi) is 6.77. The van der Waals surface area contributed by atoms with Crippen LogP contribution in [0.25, 0.3) is 6.08 Å². The standard InChI is InChI=1S/C19H21F2N3O/c1-23(2)11-12-24(14-15-5-4-10-22-13-15)19(25)9-8-16-17(20)6-3-7-18(16)21/h3-10,13H,11-12,14H2,1-2H3. The van der Waals surface area contributed by atoms with E-state index in [0.29, 0.717) is 19.6 Å². The predicted molar refractivity (Wildman–Crippen MR) is 93.6 cm³/mol. The second-order valence-corrected chi connectivity index (χ2v) is 5.89. The average Bonchev–Trinajstić information content (AvgIpc) is 2.58. The Morgan fingerprint density at radius 1 is 1.12 bits per heavy atom. The van der Waals surface area contributed by atoms with E-state index in [-0.39, 0.29) is 11.5 Å². The van der Waals surface area contributed by atoms with Gasteiger partial charge in [-0.25, -0.2) is 8.78 Å². The van der Waals surface area contributed by atoms with Crippen molar-refractivity contribution in [1.29, 1.82) is 0 Å². The van der Waals surface area contributed by atoms with Gasteiger partial charge in [-0.05, 0) is 43.9 Å². The first-order chi connectivity index (χ1) is 12.0. The van der Waals surface area contributed by atoms with E-state index in [0.717, 1.165) is 17.7 Å². The monoisotopic (exact) mass is 345 g/mol. The van der Waals surface area contributed by atoms with Crippen molar-refractivity contribution < 1.29 is 13.6 Å². The SMILES string of the molecule is CN(C)CCN(Cc1cccnc1)C(=O)C=Cc1c(F)cccc1F. The Balaban J connectivity index is 2.15. The second-order valence-electron chi connectivity index (χ2n) is 5.89. The number of likely N-dealkylation sites (N-methyl/N-ethyl adjacent to an activating group) is 1. The van der Waals surface area contributed by atoms with Crippen LogP contribution in [0.4, 0.5) is 8.78 Å². The maximum Gasteiger partial charge on any atom is 0.246 e. The predicted octanol–water partition coefficient (Wildman–Crippen LogP) is 2.96. The number of nitrogens with zero attached hydrogens (tertiary/aromatic N) is 3. The third-order valence-electron chi connectivity index (χ3n) is 3.62. The van der Waals surface area contributed by atoms with Gasteiger partial charge in [-0.1, -0.05) is 12.1 Å². The summed E-state index contributed by atoms with van der Waals surface area (Å²) in [5.74, 6) is -1.71. The Bertz CT molecular complexity index is 712. The van der Waals surface area contributed by atoms with Crippen LogP contribution in [-0.4, -0.2) is 47.9 Å². The molecule has 6 heteroatoms. The number of halogens is 2. The minimum absolute atomic E-state index is 0.218. The highest BCUT2D eigenvalue weighted by molar-refractivity contribution is 5.91. The Hall–Kier alpha value is -2.60. The van der Waals surface area contributed by atoms with Crippen molar-refractivity contribution in [1.82, 2.24) is 14.8 Å². The molecule has 0 aliphatic rings. The fourth-order valence-corrected chi connectivity index (χ4v) is 2.23. The van der Waals surface area contributed by atoms with Crippen molar-refractivity contribution in [3.8, 4) is 0 Å². The minimum Gasteiger partial charge on any atom is -0.333 e. The summed E-state index contributed by atoms with van der Waals surface area (Å²) in [4.78, 5) is 20.1. The van der Waals surface area contributed by atoms with Gasteiger partial charge in [-0.15, -0.1) is 0 Å². The summed E-state index contributed by atoms with van der Waals surface area (Å²) < 4.78 is 27.3. The lowest BCUT2D eigenvalue weighted by molar-refractivity contribution is -0.126. The largest absolute Gasteiger partial charge is 0.333 e. The van der Waals surface area contributed by atoms with Crippen molar-refractivity contribution in [3.05, 3.63) is 71.6 Å². The molecule has 0 radical (unpaired) electrons. The van der Waals surface area contributed by atoms with Gasteiger partial charge in [0.05, 0.1) is 0 Å². The topological polar surface area (TPSA) is 36.4 Å². The molecule has 1 aromatic carbocycles. The molecule has 132 valence electrons. The maximum atomic E-state index is 13.7. The van der Waals surface area contributed by atoms with Crippen molar-refractivity contribution in [2.24, 2.45) is 0 Å². The van der Waals surface area contributed by atoms with Crippen LogP contribution in [0.3, 0.4) is 0 Å². The molecule has 0 fully saturated rings. The molecule has 1 aromatic heterocycles. The molecule has 0 unspecified atom stereocenters. The van der Waals surface area contributed by atoms with E-state index in [1.165, 1.54) is 18.2 Å². The molecule has 0 spiro atoms. The van der Waals surface area contributed by atoms with E-state index >= 15 is 0 Å². The summed E-state index contributed by atoms with van der Waals surface area (Å²) in [7, 11) is 3.83. The number of aromatic nitrogens is 1. The third-order valence-corrected chi connectivity index (χ3v) is 3.62. The first-order valence-electron chi connectivity index (χ1n) is 7.92. The molecule has 1 heterocycles. The van der Waals surface area contributed by atoms with Crippen molar-refractivity contribution in [3.63, 3.8) is 0 Å². The van der Waals surface area contributed by atoms with Gasteiger partial charge in [0.15, 0.2) is 0 Å². The van der Waals surface area contributed by atoms with Crippen LogP contribution in [0.1, 0.15) is 11.1 Å². The van der Waals surface area contributed by atoms with Gasteiger partial charge in [0.25, 0.3) is 0 Å². The molecule has 0 bridgehead atoms. The summed E-state index contributed by atoms with van der Waals surface area (Å²) in [6.07, 6.45) is 5.74. The zero-order valence-electron chi connectivity index (χ0n) is 14.3. The van der Waals surface area contributed by atoms with Gasteiger partial charge in [-0.3, -0.25) is 9.78 Å². The fraction of sp³-hybridized carbons (Fsp3) is 0.263. The normalized spacial score (nSPS) is 11.2. The number of hydrogen-bond acceptors (Lipinski definition) is 3. The summed E-state index contributed by atoms with van der Waals surface area (Å²) >= 11 is 0. The molecule has 25 heavy (non-hydrogen) atoms. The number of carbonyl (C=O) groups excluding carboxylic acids is 1. The quantitative estimate of drug-likeness (QED) is 0.724.